The summed E-state index contributed by atoms with van der Waals surface area (Å²) in [7, 11) is 1.77. The van der Waals surface area contributed by atoms with E-state index in [0.717, 1.165) is 12.0 Å². The van der Waals surface area contributed by atoms with Crippen molar-refractivity contribution in [1.29, 1.82) is 0 Å². The fourth-order valence-electron chi connectivity index (χ4n) is 3.94. The van der Waals surface area contributed by atoms with Gasteiger partial charge in [-0.1, -0.05) is 35.0 Å². The molecule has 4 aromatic rings. The third-order valence-corrected chi connectivity index (χ3v) is 5.59. The second kappa shape index (κ2) is 7.17. The third kappa shape index (κ3) is 3.21. The predicted octanol–water partition coefficient (Wildman–Crippen LogP) is 2.42. The number of benzene rings is 1. The van der Waals surface area contributed by atoms with Gasteiger partial charge >= 0.3 is 0 Å². The zero-order valence-corrected chi connectivity index (χ0v) is 17.1. The molecule has 0 N–H and O–H groups in total. The number of aromatic nitrogens is 6. The van der Waals surface area contributed by atoms with E-state index in [4.69, 9.17) is 9.26 Å². The van der Waals surface area contributed by atoms with Crippen molar-refractivity contribution in [2.45, 2.75) is 38.8 Å². The molecule has 0 aliphatic carbocycles. The van der Waals surface area contributed by atoms with Gasteiger partial charge in [0, 0.05) is 13.0 Å². The molecule has 0 saturated carbocycles. The first kappa shape index (κ1) is 18.7. The van der Waals surface area contributed by atoms with Crippen LogP contribution in [-0.2, 0) is 18.3 Å². The highest BCUT2D eigenvalue weighted by Gasteiger charge is 2.31. The van der Waals surface area contributed by atoms with Gasteiger partial charge in [0.05, 0.1) is 18.4 Å². The van der Waals surface area contributed by atoms with Crippen LogP contribution in [0, 0.1) is 13.8 Å². The maximum absolute atomic E-state index is 12.8. The zero-order valence-electron chi connectivity index (χ0n) is 17.1. The lowest BCUT2D eigenvalue weighted by molar-refractivity contribution is 0.110. The summed E-state index contributed by atoms with van der Waals surface area (Å²) in [5.41, 5.74) is 3.42. The van der Waals surface area contributed by atoms with Gasteiger partial charge in [0.25, 0.3) is 5.56 Å². The summed E-state index contributed by atoms with van der Waals surface area (Å²) in [5.74, 6) is 1.04. The highest BCUT2D eigenvalue weighted by Crippen LogP contribution is 2.37. The summed E-state index contributed by atoms with van der Waals surface area (Å²) in [6.45, 7) is 4.57. The molecule has 1 fully saturated rings. The molecular formula is C21H22N6O3. The van der Waals surface area contributed by atoms with Crippen LogP contribution in [0.1, 0.15) is 47.0 Å². The molecule has 9 heteroatoms. The van der Waals surface area contributed by atoms with Gasteiger partial charge in [-0.05, 0) is 25.8 Å². The molecule has 0 unspecified atom stereocenters. The molecule has 4 heterocycles. The van der Waals surface area contributed by atoms with E-state index in [-0.39, 0.29) is 24.1 Å². The van der Waals surface area contributed by atoms with Crippen LogP contribution in [0.25, 0.3) is 11.0 Å². The van der Waals surface area contributed by atoms with E-state index in [0.29, 0.717) is 35.0 Å². The Bertz CT molecular complexity index is 1270. The Labute approximate surface area is 172 Å². The van der Waals surface area contributed by atoms with Crippen LogP contribution in [0.5, 0.6) is 0 Å². The van der Waals surface area contributed by atoms with E-state index in [1.54, 1.807) is 18.7 Å². The normalized spacial score (nSPS) is 19.0. The van der Waals surface area contributed by atoms with Crippen LogP contribution in [0.15, 0.2) is 39.9 Å². The van der Waals surface area contributed by atoms with Crippen LogP contribution >= 0.6 is 0 Å². The van der Waals surface area contributed by atoms with Crippen LogP contribution in [0.3, 0.4) is 0 Å². The highest BCUT2D eigenvalue weighted by molar-refractivity contribution is 5.76. The number of fused-ring (bicyclic) bond motifs is 1. The smallest absolute Gasteiger partial charge is 0.265 e. The minimum atomic E-state index is -0.172. The summed E-state index contributed by atoms with van der Waals surface area (Å²) in [6, 6.07) is 8.37. The number of nitrogens with zero attached hydrogens (tertiary/aromatic N) is 6. The SMILES string of the molecule is Cc1ccc([C@H]2C[C@H](c3noc(Cn4cnc5c(c(C)nn5C)c4=O)n3)CO2)cc1. The Morgan fingerprint density at radius 3 is 2.80 bits per heavy atom. The molecule has 2 atom stereocenters. The Morgan fingerprint density at radius 1 is 1.20 bits per heavy atom. The van der Waals surface area contributed by atoms with Crippen molar-refractivity contribution >= 4 is 11.0 Å². The number of hydrogen-bond acceptors (Lipinski definition) is 7. The first-order valence-electron chi connectivity index (χ1n) is 9.89. The molecule has 154 valence electrons. The van der Waals surface area contributed by atoms with Crippen molar-refractivity contribution < 1.29 is 9.26 Å². The lowest BCUT2D eigenvalue weighted by Crippen LogP contribution is -2.21. The fourth-order valence-corrected chi connectivity index (χ4v) is 3.94. The molecule has 9 nitrogen and oxygen atoms in total. The molecule has 0 radical (unpaired) electrons. The minimum absolute atomic E-state index is 0.0281. The third-order valence-electron chi connectivity index (χ3n) is 5.59. The van der Waals surface area contributed by atoms with Gasteiger partial charge in [-0.2, -0.15) is 10.1 Å². The van der Waals surface area contributed by atoms with Crippen molar-refractivity contribution in [3.63, 3.8) is 0 Å². The van der Waals surface area contributed by atoms with Crippen molar-refractivity contribution in [3.05, 3.63) is 69.5 Å². The van der Waals surface area contributed by atoms with Gasteiger partial charge in [0.2, 0.25) is 5.89 Å². The van der Waals surface area contributed by atoms with Crippen molar-refractivity contribution in [1.82, 2.24) is 29.5 Å². The van der Waals surface area contributed by atoms with Gasteiger partial charge in [-0.15, -0.1) is 0 Å². The fraction of sp³-hybridized carbons (Fsp3) is 0.381. The van der Waals surface area contributed by atoms with E-state index in [1.807, 2.05) is 0 Å². The van der Waals surface area contributed by atoms with Gasteiger partial charge < -0.3 is 9.26 Å². The number of aryl methyl sites for hydroxylation is 3. The highest BCUT2D eigenvalue weighted by atomic mass is 16.5. The molecular weight excluding hydrogens is 384 g/mol. The molecule has 30 heavy (non-hydrogen) atoms. The maximum atomic E-state index is 12.8. The topological polar surface area (TPSA) is 101 Å². The molecule has 0 amide bonds. The Kier molecular flexibility index (Phi) is 4.47. The first-order chi connectivity index (χ1) is 14.5. The Balaban J connectivity index is 1.33. The van der Waals surface area contributed by atoms with Crippen LogP contribution in [0.2, 0.25) is 0 Å². The average molecular weight is 406 g/mol. The Morgan fingerprint density at radius 2 is 2.00 bits per heavy atom. The molecule has 1 aliphatic heterocycles. The van der Waals surface area contributed by atoms with Crippen molar-refractivity contribution in [3.8, 4) is 0 Å². The lowest BCUT2D eigenvalue weighted by atomic mass is 9.99. The summed E-state index contributed by atoms with van der Waals surface area (Å²) >= 11 is 0. The predicted molar refractivity (Wildman–Crippen MR) is 108 cm³/mol. The van der Waals surface area contributed by atoms with E-state index in [9.17, 15) is 4.79 Å². The van der Waals surface area contributed by atoms with Crippen LogP contribution in [0.4, 0.5) is 0 Å². The number of ether oxygens (including phenoxy) is 1. The van der Waals surface area contributed by atoms with Crippen LogP contribution < -0.4 is 5.56 Å². The molecule has 5 rings (SSSR count). The van der Waals surface area contributed by atoms with Gasteiger partial charge in [-0.3, -0.25) is 9.36 Å². The minimum Gasteiger partial charge on any atom is -0.373 e. The summed E-state index contributed by atoms with van der Waals surface area (Å²) in [5, 5.41) is 8.90. The van der Waals surface area contributed by atoms with E-state index in [1.165, 1.54) is 16.5 Å². The largest absolute Gasteiger partial charge is 0.373 e. The van der Waals surface area contributed by atoms with E-state index in [2.05, 4.69) is 51.4 Å². The quantitative estimate of drug-likeness (QED) is 0.513. The maximum Gasteiger partial charge on any atom is 0.265 e. The molecule has 0 bridgehead atoms. The molecule has 1 aliphatic rings. The van der Waals surface area contributed by atoms with E-state index < -0.39 is 0 Å². The van der Waals surface area contributed by atoms with Crippen molar-refractivity contribution in [2.24, 2.45) is 7.05 Å². The van der Waals surface area contributed by atoms with E-state index >= 15 is 0 Å². The Hall–Kier alpha value is -3.33. The standard InChI is InChI=1S/C21H22N6O3/c1-12-4-6-14(7-5-12)16-8-15(10-29-16)19-23-17(30-25-19)9-27-11-22-20-18(21(27)28)13(2)24-26(20)3/h4-7,11,15-16H,8-10H2,1-3H3/t15-,16+/m0/s1. The molecule has 3 aromatic heterocycles. The lowest BCUT2D eigenvalue weighted by Gasteiger charge is -2.09. The van der Waals surface area contributed by atoms with Gasteiger partial charge in [-0.25, -0.2) is 9.67 Å². The number of rotatable bonds is 4. The van der Waals surface area contributed by atoms with Gasteiger partial charge in [0.1, 0.15) is 18.3 Å². The monoisotopic (exact) mass is 406 g/mol. The van der Waals surface area contributed by atoms with Gasteiger partial charge in [0.15, 0.2) is 11.5 Å². The van der Waals surface area contributed by atoms with Crippen molar-refractivity contribution in [2.75, 3.05) is 6.61 Å². The molecule has 1 aromatic carbocycles. The summed E-state index contributed by atoms with van der Waals surface area (Å²) in [4.78, 5) is 21.7. The number of hydrogen-bond donors (Lipinski definition) is 0. The zero-order chi connectivity index (χ0) is 20.8. The summed E-state index contributed by atoms with van der Waals surface area (Å²) < 4.78 is 14.4. The second-order valence-corrected chi connectivity index (χ2v) is 7.80. The average Bonchev–Trinajstić information content (AvgIpc) is 3.44. The van der Waals surface area contributed by atoms with Crippen LogP contribution in [-0.4, -0.2) is 36.1 Å². The molecule has 0 spiro atoms. The second-order valence-electron chi connectivity index (χ2n) is 7.80. The first-order valence-corrected chi connectivity index (χ1v) is 9.89. The summed E-state index contributed by atoms with van der Waals surface area (Å²) in [6.07, 6.45) is 2.31. The molecule has 1 saturated heterocycles.